The number of thiophene rings is 1. The fraction of sp³-hybridized carbons (Fsp3) is 0.130. The Morgan fingerprint density at radius 3 is 2.58 bits per heavy atom. The van der Waals surface area contributed by atoms with E-state index in [1.807, 2.05) is 29.0 Å². The van der Waals surface area contributed by atoms with Gasteiger partial charge in [-0.25, -0.2) is 4.98 Å². The lowest BCUT2D eigenvalue weighted by Crippen LogP contribution is -2.26. The average Bonchev–Trinajstić information content (AvgIpc) is 3.50. The van der Waals surface area contributed by atoms with E-state index in [-0.39, 0.29) is 11.8 Å². The number of nitrogens with one attached hydrogen (secondary N) is 2. The van der Waals surface area contributed by atoms with Crippen LogP contribution in [0, 0.1) is 0 Å². The third kappa shape index (κ3) is 5.42. The van der Waals surface area contributed by atoms with E-state index in [1.54, 1.807) is 54.1 Å². The quantitative estimate of drug-likeness (QED) is 0.376. The molecule has 3 aromatic heterocycles. The maximum Gasteiger partial charge on any atom is 0.265 e. The Bertz CT molecular complexity index is 1160. The van der Waals surface area contributed by atoms with Gasteiger partial charge in [0.1, 0.15) is 0 Å². The number of aryl methyl sites for hydroxylation is 1. The smallest absolute Gasteiger partial charge is 0.265 e. The van der Waals surface area contributed by atoms with Gasteiger partial charge >= 0.3 is 0 Å². The summed E-state index contributed by atoms with van der Waals surface area (Å²) in [6, 6.07) is 14.5. The van der Waals surface area contributed by atoms with Crippen molar-refractivity contribution in [3.05, 3.63) is 87.1 Å². The van der Waals surface area contributed by atoms with Gasteiger partial charge < -0.3 is 10.6 Å². The second kappa shape index (κ2) is 10.1. The van der Waals surface area contributed by atoms with Crippen LogP contribution in [0.1, 0.15) is 31.5 Å². The number of pyridine rings is 1. The highest BCUT2D eigenvalue weighted by Crippen LogP contribution is 2.22. The summed E-state index contributed by atoms with van der Waals surface area (Å²) in [5, 5.41) is 10.7. The van der Waals surface area contributed by atoms with E-state index in [0.29, 0.717) is 22.7 Å². The molecule has 0 unspecified atom stereocenters. The number of amides is 2. The van der Waals surface area contributed by atoms with Crippen LogP contribution in [-0.4, -0.2) is 28.3 Å². The van der Waals surface area contributed by atoms with E-state index in [0.717, 1.165) is 29.1 Å². The lowest BCUT2D eigenvalue weighted by atomic mass is 10.1. The van der Waals surface area contributed by atoms with E-state index in [2.05, 4.69) is 20.6 Å². The number of nitrogens with zero attached hydrogens (tertiary/aromatic N) is 2. The van der Waals surface area contributed by atoms with Gasteiger partial charge in [0.25, 0.3) is 11.8 Å². The fourth-order valence-electron chi connectivity index (χ4n) is 3.00. The normalized spacial score (nSPS) is 10.6. The number of carbonyl (C=O) groups excluding carboxylic acids is 2. The molecule has 156 valence electrons. The summed E-state index contributed by atoms with van der Waals surface area (Å²) < 4.78 is 0. The number of rotatable bonds is 8. The van der Waals surface area contributed by atoms with Gasteiger partial charge in [0.2, 0.25) is 0 Å². The van der Waals surface area contributed by atoms with Gasteiger partial charge in [-0.2, -0.15) is 0 Å². The first-order chi connectivity index (χ1) is 15.2. The summed E-state index contributed by atoms with van der Waals surface area (Å²) in [5.74, 6) is -0.428. The molecule has 0 aliphatic rings. The van der Waals surface area contributed by atoms with Crippen LogP contribution in [0.4, 0.5) is 5.69 Å². The summed E-state index contributed by atoms with van der Waals surface area (Å²) in [4.78, 5) is 34.3. The minimum absolute atomic E-state index is 0.210. The molecule has 2 N–H and O–H groups in total. The molecule has 3 heterocycles. The van der Waals surface area contributed by atoms with Crippen LogP contribution in [-0.2, 0) is 6.42 Å². The van der Waals surface area contributed by atoms with Crippen molar-refractivity contribution in [1.29, 1.82) is 0 Å². The predicted molar refractivity (Wildman–Crippen MR) is 125 cm³/mol. The number of hydrogen-bond donors (Lipinski definition) is 2. The Balaban J connectivity index is 1.30. The second-order valence-corrected chi connectivity index (χ2v) is 8.59. The number of anilines is 1. The molecule has 0 aliphatic carbocycles. The lowest BCUT2D eigenvalue weighted by molar-refractivity contribution is 0.0954. The second-order valence-electron chi connectivity index (χ2n) is 6.70. The minimum Gasteiger partial charge on any atom is -0.352 e. The Labute approximate surface area is 188 Å². The van der Waals surface area contributed by atoms with E-state index in [9.17, 15) is 9.59 Å². The summed E-state index contributed by atoms with van der Waals surface area (Å²) in [5.41, 5.74) is 2.94. The first-order valence-corrected chi connectivity index (χ1v) is 11.5. The molecule has 0 bridgehead atoms. The first-order valence-electron chi connectivity index (χ1n) is 9.77. The van der Waals surface area contributed by atoms with Crippen molar-refractivity contribution in [2.24, 2.45) is 0 Å². The minimum atomic E-state index is -0.218. The molecule has 4 rings (SSSR count). The molecule has 6 nitrogen and oxygen atoms in total. The molecular formula is C23H20N4O2S2. The van der Waals surface area contributed by atoms with Crippen molar-refractivity contribution in [2.75, 3.05) is 11.9 Å². The Morgan fingerprint density at radius 1 is 0.935 bits per heavy atom. The van der Waals surface area contributed by atoms with Gasteiger partial charge in [0, 0.05) is 36.3 Å². The molecule has 0 aliphatic heterocycles. The molecule has 4 aromatic rings. The molecule has 31 heavy (non-hydrogen) atoms. The van der Waals surface area contributed by atoms with Gasteiger partial charge in [0.05, 0.1) is 26.8 Å². The summed E-state index contributed by atoms with van der Waals surface area (Å²) >= 11 is 2.98. The predicted octanol–water partition coefficient (Wildman–Crippen LogP) is 4.88. The topological polar surface area (TPSA) is 84.0 Å². The van der Waals surface area contributed by atoms with Gasteiger partial charge in [-0.1, -0.05) is 18.2 Å². The molecule has 1 aromatic carbocycles. The summed E-state index contributed by atoms with van der Waals surface area (Å²) in [6.45, 7) is 0.524. The van der Waals surface area contributed by atoms with E-state index < -0.39 is 0 Å². The summed E-state index contributed by atoms with van der Waals surface area (Å²) in [6.07, 6.45) is 5.07. The number of carbonyl (C=O) groups is 2. The van der Waals surface area contributed by atoms with Crippen molar-refractivity contribution in [3.63, 3.8) is 0 Å². The van der Waals surface area contributed by atoms with E-state index in [4.69, 9.17) is 0 Å². The number of benzene rings is 1. The van der Waals surface area contributed by atoms with E-state index in [1.165, 1.54) is 11.3 Å². The third-order valence-corrected chi connectivity index (χ3v) is 6.32. The maximum absolute atomic E-state index is 12.7. The number of aromatic nitrogens is 2. The largest absolute Gasteiger partial charge is 0.352 e. The van der Waals surface area contributed by atoms with Crippen LogP contribution in [0.2, 0.25) is 0 Å². The Hall–Kier alpha value is -3.36. The molecule has 0 saturated heterocycles. The zero-order valence-electron chi connectivity index (χ0n) is 16.6. The average molecular weight is 449 g/mol. The highest BCUT2D eigenvalue weighted by Gasteiger charge is 2.14. The zero-order valence-corrected chi connectivity index (χ0v) is 18.2. The van der Waals surface area contributed by atoms with Crippen LogP contribution >= 0.6 is 22.7 Å². The van der Waals surface area contributed by atoms with Crippen molar-refractivity contribution in [1.82, 2.24) is 15.3 Å². The first kappa shape index (κ1) is 20.9. The van der Waals surface area contributed by atoms with Crippen molar-refractivity contribution in [2.45, 2.75) is 12.8 Å². The van der Waals surface area contributed by atoms with Crippen molar-refractivity contribution in [3.8, 4) is 11.3 Å². The lowest BCUT2D eigenvalue weighted by Gasteiger charge is -2.11. The third-order valence-electron chi connectivity index (χ3n) is 4.55. The van der Waals surface area contributed by atoms with Gasteiger partial charge in [0.15, 0.2) is 0 Å². The van der Waals surface area contributed by atoms with Crippen LogP contribution in [0.25, 0.3) is 11.3 Å². The zero-order chi connectivity index (χ0) is 21.5. The molecule has 2 amide bonds. The maximum atomic E-state index is 12.7. The van der Waals surface area contributed by atoms with Crippen molar-refractivity contribution >= 4 is 40.2 Å². The van der Waals surface area contributed by atoms with Gasteiger partial charge in [-0.05, 0) is 42.1 Å². The Morgan fingerprint density at radius 2 is 1.77 bits per heavy atom. The van der Waals surface area contributed by atoms with Gasteiger partial charge in [-0.3, -0.25) is 14.6 Å². The molecular weight excluding hydrogens is 428 g/mol. The molecule has 0 spiro atoms. The monoisotopic (exact) mass is 448 g/mol. The van der Waals surface area contributed by atoms with Crippen LogP contribution in [0.5, 0.6) is 0 Å². The van der Waals surface area contributed by atoms with Crippen LogP contribution < -0.4 is 10.6 Å². The molecule has 0 fully saturated rings. The molecule has 8 heteroatoms. The fourth-order valence-corrected chi connectivity index (χ4v) is 4.47. The number of thiazole rings is 1. The highest BCUT2D eigenvalue weighted by atomic mass is 32.1. The SMILES string of the molecule is O=C(Nc1ccccc1C(=O)NCCCc1nc(-c2ccncc2)cs1)c1cccs1. The summed E-state index contributed by atoms with van der Waals surface area (Å²) in [7, 11) is 0. The van der Waals surface area contributed by atoms with E-state index >= 15 is 0 Å². The number of para-hydroxylation sites is 1. The Kier molecular flexibility index (Phi) is 6.81. The van der Waals surface area contributed by atoms with Crippen LogP contribution in [0.15, 0.2) is 71.7 Å². The standard InChI is InChI=1S/C23H20N4O2S2/c28-22(17-5-1-2-6-18(17)27-23(29)20-7-4-14-30-20)25-11-3-8-21-26-19(15-31-21)16-9-12-24-13-10-16/h1-2,4-7,9-10,12-15H,3,8,11H2,(H,25,28)(H,27,29). The number of hydrogen-bond acceptors (Lipinski definition) is 6. The molecule has 0 radical (unpaired) electrons. The van der Waals surface area contributed by atoms with Crippen LogP contribution in [0.3, 0.4) is 0 Å². The van der Waals surface area contributed by atoms with Gasteiger partial charge in [-0.15, -0.1) is 22.7 Å². The molecule has 0 saturated carbocycles. The van der Waals surface area contributed by atoms with Crippen molar-refractivity contribution < 1.29 is 9.59 Å². The molecule has 0 atom stereocenters. The highest BCUT2D eigenvalue weighted by molar-refractivity contribution is 7.12.